The zero-order chi connectivity index (χ0) is 23.2. The average molecular weight is 447 g/mol. The minimum absolute atomic E-state index is 0.0000609. The van der Waals surface area contributed by atoms with E-state index in [4.69, 9.17) is 0 Å². The van der Waals surface area contributed by atoms with Crippen molar-refractivity contribution < 1.29 is 19.5 Å². The lowest BCUT2D eigenvalue weighted by molar-refractivity contribution is -0.132. The summed E-state index contributed by atoms with van der Waals surface area (Å²) in [5.74, 6) is -1.97. The maximum atomic E-state index is 13.2. The van der Waals surface area contributed by atoms with Crippen LogP contribution in [0.3, 0.4) is 0 Å². The largest absolute Gasteiger partial charge is 0.507 e. The van der Waals surface area contributed by atoms with Gasteiger partial charge >= 0.3 is 5.91 Å². The van der Waals surface area contributed by atoms with Gasteiger partial charge in [0.15, 0.2) is 10.9 Å². The lowest BCUT2D eigenvalue weighted by atomic mass is 9.94. The molecule has 0 bridgehead atoms. The van der Waals surface area contributed by atoms with Crippen LogP contribution >= 0.6 is 11.3 Å². The smallest absolute Gasteiger partial charge is 0.301 e. The molecule has 0 aliphatic carbocycles. The number of hydrogen-bond acceptors (Lipinski definition) is 6. The zero-order valence-electron chi connectivity index (χ0n) is 18.2. The number of amides is 1. The number of thiazole rings is 1. The fourth-order valence-electron chi connectivity index (χ4n) is 3.77. The summed E-state index contributed by atoms with van der Waals surface area (Å²) in [6.07, 6.45) is 0. The van der Waals surface area contributed by atoms with Gasteiger partial charge in [0.25, 0.3) is 5.78 Å². The van der Waals surface area contributed by atoms with Crippen molar-refractivity contribution in [3.8, 4) is 0 Å². The Kier molecular flexibility index (Phi) is 5.52. The molecule has 3 aromatic rings. The topological polar surface area (TPSA) is 87.6 Å². The first-order chi connectivity index (χ1) is 15.2. The molecule has 1 N–H and O–H groups in total. The van der Waals surface area contributed by atoms with Crippen LogP contribution in [0, 0.1) is 20.8 Å². The van der Waals surface area contributed by atoms with E-state index in [1.54, 1.807) is 19.1 Å². The van der Waals surface area contributed by atoms with Crippen molar-refractivity contribution in [3.05, 3.63) is 86.9 Å². The van der Waals surface area contributed by atoms with E-state index < -0.39 is 17.7 Å². The second kappa shape index (κ2) is 8.16. The molecule has 1 fully saturated rings. The molecule has 0 radical (unpaired) electrons. The molecular weight excluding hydrogens is 424 g/mol. The first kappa shape index (κ1) is 21.6. The summed E-state index contributed by atoms with van der Waals surface area (Å²) in [6.45, 7) is 7.00. The van der Waals surface area contributed by atoms with Gasteiger partial charge in [-0.3, -0.25) is 19.3 Å². The Morgan fingerprint density at radius 3 is 2.06 bits per heavy atom. The SMILES string of the molecule is CC(=O)c1sc(N2C(=O)C(=O)C(=C(O)c3ccc(C)cc3)[C@@H]2c2ccc(C)cc2)nc1C. The van der Waals surface area contributed by atoms with E-state index in [1.807, 2.05) is 50.2 Å². The number of ketones is 2. The van der Waals surface area contributed by atoms with E-state index in [9.17, 15) is 19.5 Å². The average Bonchev–Trinajstić information content (AvgIpc) is 3.26. The Hall–Kier alpha value is -3.58. The van der Waals surface area contributed by atoms with E-state index >= 15 is 0 Å². The number of aliphatic hydroxyl groups is 1. The number of rotatable bonds is 4. The monoisotopic (exact) mass is 446 g/mol. The molecular formula is C25H22N2O4S. The third kappa shape index (κ3) is 3.65. The van der Waals surface area contributed by atoms with Gasteiger partial charge in [0.05, 0.1) is 22.2 Å². The summed E-state index contributed by atoms with van der Waals surface area (Å²) in [4.78, 5) is 44.4. The number of nitrogens with zero attached hydrogens (tertiary/aromatic N) is 2. The minimum atomic E-state index is -0.859. The highest BCUT2D eigenvalue weighted by Crippen LogP contribution is 2.43. The number of carbonyl (C=O) groups is 3. The van der Waals surface area contributed by atoms with Gasteiger partial charge in [-0.15, -0.1) is 0 Å². The molecule has 1 aliphatic heterocycles. The molecule has 4 rings (SSSR count). The Balaban J connectivity index is 1.94. The van der Waals surface area contributed by atoms with E-state index in [0.717, 1.165) is 22.5 Å². The number of benzene rings is 2. The maximum Gasteiger partial charge on any atom is 0.301 e. The molecule has 2 aromatic carbocycles. The summed E-state index contributed by atoms with van der Waals surface area (Å²) < 4.78 is 0. The fourth-order valence-corrected chi connectivity index (χ4v) is 4.76. The van der Waals surface area contributed by atoms with Crippen LogP contribution in [0.1, 0.15) is 50.6 Å². The lowest BCUT2D eigenvalue weighted by Gasteiger charge is -2.23. The van der Waals surface area contributed by atoms with Crippen molar-refractivity contribution >= 4 is 39.7 Å². The molecule has 1 atom stereocenters. The van der Waals surface area contributed by atoms with Gasteiger partial charge in [0.2, 0.25) is 0 Å². The normalized spacial score (nSPS) is 17.8. The number of aromatic nitrogens is 1. The van der Waals surface area contributed by atoms with Crippen LogP contribution in [0.4, 0.5) is 5.13 Å². The van der Waals surface area contributed by atoms with Gasteiger partial charge in [-0.1, -0.05) is 71.0 Å². The predicted octanol–water partition coefficient (Wildman–Crippen LogP) is 4.90. The van der Waals surface area contributed by atoms with Crippen LogP contribution in [0.5, 0.6) is 0 Å². The first-order valence-electron chi connectivity index (χ1n) is 10.1. The standard InChI is InChI=1S/C25H22N2O4S/c1-13-5-9-17(10-6-13)20-19(21(29)18-11-7-14(2)8-12-18)22(30)24(31)27(20)25-26-15(3)23(32-25)16(4)28/h5-12,20,29H,1-4H3/t20-/m0/s1. The first-order valence-corrected chi connectivity index (χ1v) is 10.9. The Bertz CT molecular complexity index is 1270. The number of Topliss-reactive ketones (excluding diaryl/α,β-unsaturated/α-hetero) is 2. The van der Waals surface area contributed by atoms with Crippen LogP contribution < -0.4 is 4.90 Å². The molecule has 0 unspecified atom stereocenters. The van der Waals surface area contributed by atoms with Crippen LogP contribution in [0.2, 0.25) is 0 Å². The summed E-state index contributed by atoms with van der Waals surface area (Å²) >= 11 is 1.07. The van der Waals surface area contributed by atoms with Gasteiger partial charge in [-0.05, 0) is 26.3 Å². The number of carbonyl (C=O) groups excluding carboxylic acids is 3. The van der Waals surface area contributed by atoms with Gasteiger partial charge in [0, 0.05) is 12.5 Å². The van der Waals surface area contributed by atoms with Crippen molar-refractivity contribution in [1.82, 2.24) is 4.98 Å². The summed E-state index contributed by atoms with van der Waals surface area (Å²) in [5, 5.41) is 11.4. The van der Waals surface area contributed by atoms with Gasteiger partial charge in [-0.2, -0.15) is 0 Å². The maximum absolute atomic E-state index is 13.2. The quantitative estimate of drug-likeness (QED) is 0.267. The van der Waals surface area contributed by atoms with Crippen LogP contribution in [0.15, 0.2) is 54.1 Å². The highest BCUT2D eigenvalue weighted by molar-refractivity contribution is 7.18. The van der Waals surface area contributed by atoms with E-state index in [0.29, 0.717) is 21.7 Å². The molecule has 1 aliphatic rings. The van der Waals surface area contributed by atoms with Crippen molar-refractivity contribution in [1.29, 1.82) is 0 Å². The Morgan fingerprint density at radius 2 is 1.53 bits per heavy atom. The van der Waals surface area contributed by atoms with Gasteiger partial charge in [-0.25, -0.2) is 4.98 Å². The second-order valence-corrected chi connectivity index (χ2v) is 8.89. The van der Waals surface area contributed by atoms with E-state index in [-0.39, 0.29) is 22.2 Å². The molecule has 0 saturated carbocycles. The van der Waals surface area contributed by atoms with Crippen molar-refractivity contribution in [2.75, 3.05) is 4.90 Å². The molecule has 7 heteroatoms. The number of aliphatic hydroxyl groups excluding tert-OH is 1. The van der Waals surface area contributed by atoms with Crippen LogP contribution in [0.25, 0.3) is 5.76 Å². The highest BCUT2D eigenvalue weighted by atomic mass is 32.1. The minimum Gasteiger partial charge on any atom is -0.507 e. The molecule has 2 heterocycles. The number of aryl methyl sites for hydroxylation is 3. The molecule has 1 saturated heterocycles. The van der Waals surface area contributed by atoms with Crippen molar-refractivity contribution in [3.63, 3.8) is 0 Å². The van der Waals surface area contributed by atoms with Crippen LogP contribution in [-0.4, -0.2) is 27.6 Å². The third-order valence-electron chi connectivity index (χ3n) is 5.47. The van der Waals surface area contributed by atoms with E-state index in [2.05, 4.69) is 4.98 Å². The Morgan fingerprint density at radius 1 is 0.969 bits per heavy atom. The third-order valence-corrected chi connectivity index (χ3v) is 6.73. The van der Waals surface area contributed by atoms with Crippen molar-refractivity contribution in [2.45, 2.75) is 33.7 Å². The number of hydrogen-bond donors (Lipinski definition) is 1. The lowest BCUT2D eigenvalue weighted by Crippen LogP contribution is -2.29. The van der Waals surface area contributed by atoms with Gasteiger partial charge in [0.1, 0.15) is 5.76 Å². The molecule has 162 valence electrons. The summed E-state index contributed by atoms with van der Waals surface area (Å²) in [6, 6.07) is 13.6. The molecule has 1 amide bonds. The zero-order valence-corrected chi connectivity index (χ0v) is 19.0. The molecule has 6 nitrogen and oxygen atoms in total. The van der Waals surface area contributed by atoms with Crippen LogP contribution in [-0.2, 0) is 9.59 Å². The molecule has 0 spiro atoms. The fraction of sp³-hybridized carbons (Fsp3) is 0.200. The van der Waals surface area contributed by atoms with E-state index in [1.165, 1.54) is 11.8 Å². The van der Waals surface area contributed by atoms with Crippen molar-refractivity contribution in [2.24, 2.45) is 0 Å². The summed E-state index contributed by atoms with van der Waals surface area (Å²) in [5.41, 5.74) is 3.65. The molecule has 32 heavy (non-hydrogen) atoms. The Labute approximate surface area is 189 Å². The summed E-state index contributed by atoms with van der Waals surface area (Å²) in [7, 11) is 0. The second-order valence-electron chi connectivity index (χ2n) is 7.91. The predicted molar refractivity (Wildman–Crippen MR) is 124 cm³/mol. The van der Waals surface area contributed by atoms with Gasteiger partial charge < -0.3 is 5.11 Å². The molecule has 1 aromatic heterocycles. The highest BCUT2D eigenvalue weighted by Gasteiger charge is 2.48. The number of anilines is 1.